The van der Waals surface area contributed by atoms with E-state index in [2.05, 4.69) is 4.90 Å². The summed E-state index contributed by atoms with van der Waals surface area (Å²) in [5.41, 5.74) is 0. The lowest BCUT2D eigenvalue weighted by atomic mass is 10.1. The van der Waals surface area contributed by atoms with Crippen LogP contribution in [0.4, 0.5) is 4.79 Å². The first kappa shape index (κ1) is 17.0. The van der Waals surface area contributed by atoms with Crippen molar-refractivity contribution in [2.24, 2.45) is 5.92 Å². The van der Waals surface area contributed by atoms with Crippen LogP contribution in [0, 0.1) is 5.92 Å². The van der Waals surface area contributed by atoms with Crippen molar-refractivity contribution in [1.29, 1.82) is 0 Å². The highest BCUT2D eigenvalue weighted by Crippen LogP contribution is 2.17. The van der Waals surface area contributed by atoms with Crippen molar-refractivity contribution >= 4 is 11.9 Å². The third kappa shape index (κ3) is 4.33. The molecule has 2 rings (SSSR count). The molecule has 7 heteroatoms. The summed E-state index contributed by atoms with van der Waals surface area (Å²) in [7, 11) is 5.32. The van der Waals surface area contributed by atoms with Crippen molar-refractivity contribution in [1.82, 2.24) is 19.6 Å². The summed E-state index contributed by atoms with van der Waals surface area (Å²) in [5, 5.41) is 0. The standard InChI is InChI=1S/C15H28N4O3/c1-16-6-7-19(15(16)21)12-14(20)17(2)10-13-4-5-18(11-13)8-9-22-3/h13H,4-12H2,1-3H3/t13-/m0/s1. The molecule has 0 aromatic heterocycles. The van der Waals surface area contributed by atoms with E-state index in [0.29, 0.717) is 19.0 Å². The molecule has 1 atom stereocenters. The molecule has 0 aromatic rings. The molecule has 0 spiro atoms. The van der Waals surface area contributed by atoms with Gasteiger partial charge in [0.25, 0.3) is 0 Å². The number of hydrogen-bond donors (Lipinski definition) is 0. The van der Waals surface area contributed by atoms with Crippen LogP contribution in [0.3, 0.4) is 0 Å². The zero-order chi connectivity index (χ0) is 16.1. The van der Waals surface area contributed by atoms with Crippen molar-refractivity contribution in [3.05, 3.63) is 0 Å². The Labute approximate surface area is 132 Å². The Morgan fingerprint density at radius 3 is 2.77 bits per heavy atom. The average molecular weight is 312 g/mol. The normalized spacial score (nSPS) is 22.7. The summed E-state index contributed by atoms with van der Waals surface area (Å²) in [6.45, 7) is 6.11. The number of urea groups is 1. The van der Waals surface area contributed by atoms with Crippen molar-refractivity contribution in [2.75, 3.05) is 73.6 Å². The van der Waals surface area contributed by atoms with E-state index in [1.54, 1.807) is 28.9 Å². The van der Waals surface area contributed by atoms with Crippen LogP contribution >= 0.6 is 0 Å². The molecule has 2 saturated heterocycles. The summed E-state index contributed by atoms with van der Waals surface area (Å²) in [6, 6.07) is -0.0478. The van der Waals surface area contributed by atoms with E-state index in [4.69, 9.17) is 4.74 Å². The van der Waals surface area contributed by atoms with Crippen LogP contribution in [0.15, 0.2) is 0 Å². The minimum absolute atomic E-state index is 0.0268. The molecule has 0 saturated carbocycles. The van der Waals surface area contributed by atoms with Crippen LogP contribution in [-0.4, -0.2) is 105 Å². The second-order valence-electron chi connectivity index (χ2n) is 6.35. The highest BCUT2D eigenvalue weighted by atomic mass is 16.5. The van der Waals surface area contributed by atoms with Gasteiger partial charge in [0.2, 0.25) is 5.91 Å². The number of likely N-dealkylation sites (N-methyl/N-ethyl adjacent to an activating group) is 2. The molecule has 22 heavy (non-hydrogen) atoms. The second-order valence-corrected chi connectivity index (χ2v) is 6.35. The molecule has 3 amide bonds. The smallest absolute Gasteiger partial charge is 0.320 e. The van der Waals surface area contributed by atoms with Gasteiger partial charge in [0, 0.05) is 53.9 Å². The van der Waals surface area contributed by atoms with Crippen molar-refractivity contribution in [2.45, 2.75) is 6.42 Å². The first-order chi connectivity index (χ1) is 10.5. The topological polar surface area (TPSA) is 56.3 Å². The minimum Gasteiger partial charge on any atom is -0.383 e. The van der Waals surface area contributed by atoms with Crippen molar-refractivity contribution in [3.8, 4) is 0 Å². The zero-order valence-electron chi connectivity index (χ0n) is 14.0. The Hall–Kier alpha value is -1.34. The molecule has 2 aliphatic heterocycles. The molecule has 0 bridgehead atoms. The van der Waals surface area contributed by atoms with E-state index in [1.807, 2.05) is 7.05 Å². The first-order valence-corrected chi connectivity index (χ1v) is 7.96. The maximum absolute atomic E-state index is 12.3. The lowest BCUT2D eigenvalue weighted by Crippen LogP contribution is -2.42. The molecule has 7 nitrogen and oxygen atoms in total. The van der Waals surface area contributed by atoms with E-state index in [-0.39, 0.29) is 18.5 Å². The van der Waals surface area contributed by atoms with E-state index in [0.717, 1.165) is 39.2 Å². The summed E-state index contributed by atoms with van der Waals surface area (Å²) >= 11 is 0. The van der Waals surface area contributed by atoms with Crippen molar-refractivity contribution in [3.63, 3.8) is 0 Å². The van der Waals surface area contributed by atoms with Crippen LogP contribution in [0.2, 0.25) is 0 Å². The summed E-state index contributed by atoms with van der Waals surface area (Å²) in [4.78, 5) is 31.5. The Morgan fingerprint density at radius 2 is 2.14 bits per heavy atom. The predicted octanol–water partition coefficient (Wildman–Crippen LogP) is -0.219. The van der Waals surface area contributed by atoms with Gasteiger partial charge in [-0.15, -0.1) is 0 Å². The van der Waals surface area contributed by atoms with Gasteiger partial charge in [0.05, 0.1) is 6.61 Å². The molecule has 0 unspecified atom stereocenters. The first-order valence-electron chi connectivity index (χ1n) is 7.96. The third-order valence-electron chi connectivity index (χ3n) is 4.57. The molecule has 2 aliphatic rings. The van der Waals surface area contributed by atoms with E-state index < -0.39 is 0 Å². The van der Waals surface area contributed by atoms with Gasteiger partial charge in [-0.2, -0.15) is 0 Å². The van der Waals surface area contributed by atoms with Gasteiger partial charge < -0.3 is 24.3 Å². The van der Waals surface area contributed by atoms with Gasteiger partial charge in [0.15, 0.2) is 0 Å². The highest BCUT2D eigenvalue weighted by Gasteiger charge is 2.29. The molecule has 2 fully saturated rings. The van der Waals surface area contributed by atoms with Gasteiger partial charge >= 0.3 is 6.03 Å². The Bertz CT molecular complexity index is 404. The Kier molecular flexibility index (Phi) is 6.02. The number of rotatable bonds is 7. The lowest BCUT2D eigenvalue weighted by molar-refractivity contribution is -0.130. The van der Waals surface area contributed by atoms with Gasteiger partial charge in [-0.25, -0.2) is 4.79 Å². The van der Waals surface area contributed by atoms with Crippen LogP contribution in [0.1, 0.15) is 6.42 Å². The fourth-order valence-electron chi connectivity index (χ4n) is 3.11. The summed E-state index contributed by atoms with van der Waals surface area (Å²) in [5.74, 6) is 0.543. The number of methoxy groups -OCH3 is 1. The number of hydrogen-bond acceptors (Lipinski definition) is 4. The molecule has 0 aromatic carbocycles. The highest BCUT2D eigenvalue weighted by molar-refractivity contribution is 5.84. The molecular weight excluding hydrogens is 284 g/mol. The Balaban J connectivity index is 1.72. The number of carbonyl (C=O) groups excluding carboxylic acids is 2. The molecular formula is C15H28N4O3. The quantitative estimate of drug-likeness (QED) is 0.652. The largest absolute Gasteiger partial charge is 0.383 e. The molecule has 126 valence electrons. The van der Waals surface area contributed by atoms with Gasteiger partial charge in [0.1, 0.15) is 6.54 Å². The fourth-order valence-corrected chi connectivity index (χ4v) is 3.11. The summed E-state index contributed by atoms with van der Waals surface area (Å²) < 4.78 is 5.10. The maximum atomic E-state index is 12.3. The monoisotopic (exact) mass is 312 g/mol. The molecule has 0 N–H and O–H groups in total. The van der Waals surface area contributed by atoms with Gasteiger partial charge in [-0.1, -0.05) is 0 Å². The predicted molar refractivity (Wildman–Crippen MR) is 83.7 cm³/mol. The number of amides is 3. The maximum Gasteiger partial charge on any atom is 0.320 e. The lowest BCUT2D eigenvalue weighted by Gasteiger charge is -2.24. The number of ether oxygens (including phenoxy) is 1. The third-order valence-corrected chi connectivity index (χ3v) is 4.57. The van der Waals surface area contributed by atoms with Crippen LogP contribution in [0.25, 0.3) is 0 Å². The fraction of sp³-hybridized carbons (Fsp3) is 0.867. The van der Waals surface area contributed by atoms with Crippen molar-refractivity contribution < 1.29 is 14.3 Å². The van der Waals surface area contributed by atoms with E-state index >= 15 is 0 Å². The SMILES string of the molecule is COCCN1CC[C@@H](CN(C)C(=O)CN2CCN(C)C2=O)C1. The minimum atomic E-state index is -0.0478. The molecule has 2 heterocycles. The van der Waals surface area contributed by atoms with Crippen LogP contribution in [-0.2, 0) is 9.53 Å². The van der Waals surface area contributed by atoms with E-state index in [1.165, 1.54) is 0 Å². The zero-order valence-corrected chi connectivity index (χ0v) is 14.0. The van der Waals surface area contributed by atoms with Crippen LogP contribution in [0.5, 0.6) is 0 Å². The summed E-state index contributed by atoms with van der Waals surface area (Å²) in [6.07, 6.45) is 1.12. The average Bonchev–Trinajstić information content (AvgIpc) is 3.06. The van der Waals surface area contributed by atoms with Gasteiger partial charge in [-0.3, -0.25) is 4.79 Å². The van der Waals surface area contributed by atoms with E-state index in [9.17, 15) is 9.59 Å². The number of nitrogens with zero attached hydrogens (tertiary/aromatic N) is 4. The molecule has 0 radical (unpaired) electrons. The van der Waals surface area contributed by atoms with Crippen LogP contribution < -0.4 is 0 Å². The Morgan fingerprint density at radius 1 is 1.36 bits per heavy atom. The second kappa shape index (κ2) is 7.78. The molecule has 0 aliphatic carbocycles. The number of carbonyl (C=O) groups is 2. The number of likely N-dealkylation sites (tertiary alicyclic amines) is 1. The van der Waals surface area contributed by atoms with Gasteiger partial charge in [-0.05, 0) is 18.9 Å².